The molecule has 0 saturated heterocycles. The van der Waals surface area contributed by atoms with E-state index in [0.717, 1.165) is 11.3 Å². The van der Waals surface area contributed by atoms with E-state index in [1.807, 2.05) is 0 Å². The highest BCUT2D eigenvalue weighted by molar-refractivity contribution is 7.18. The summed E-state index contributed by atoms with van der Waals surface area (Å²) in [5.41, 5.74) is 0.358. The van der Waals surface area contributed by atoms with Gasteiger partial charge in [-0.05, 0) is 31.5 Å². The Hall–Kier alpha value is -2.74. The molecule has 23 heavy (non-hydrogen) atoms. The molecule has 0 spiro atoms. The number of rotatable bonds is 5. The monoisotopic (exact) mass is 334 g/mol. The number of nitrogens with zero attached hydrogens (tertiary/aromatic N) is 1. The van der Waals surface area contributed by atoms with Gasteiger partial charge in [-0.15, -0.1) is 11.3 Å². The summed E-state index contributed by atoms with van der Waals surface area (Å²) in [6.45, 7) is 3.69. The summed E-state index contributed by atoms with van der Waals surface area (Å²) in [6, 6.07) is 7.30. The number of benzene rings is 1. The van der Waals surface area contributed by atoms with Crippen molar-refractivity contribution < 1.29 is 19.2 Å². The molecule has 1 aromatic heterocycles. The van der Waals surface area contributed by atoms with Crippen LogP contribution in [0.5, 0.6) is 0 Å². The number of esters is 1. The minimum atomic E-state index is -0.612. The van der Waals surface area contributed by atoms with Crippen molar-refractivity contribution in [3.63, 3.8) is 0 Å². The minimum absolute atomic E-state index is 0.0405. The minimum Gasteiger partial charge on any atom is -0.462 e. The van der Waals surface area contributed by atoms with Crippen LogP contribution in [0.4, 0.5) is 10.7 Å². The zero-order valence-corrected chi connectivity index (χ0v) is 13.3. The third-order valence-electron chi connectivity index (χ3n) is 2.96. The Balaban J connectivity index is 2.23. The number of anilines is 1. The number of aryl methyl sites for hydroxylation is 1. The molecule has 1 N–H and O–H groups in total. The molecule has 0 unspecified atom stereocenters. The van der Waals surface area contributed by atoms with Gasteiger partial charge in [0.05, 0.1) is 16.5 Å². The van der Waals surface area contributed by atoms with E-state index in [2.05, 4.69) is 5.32 Å². The average Bonchev–Trinajstić information content (AvgIpc) is 2.88. The van der Waals surface area contributed by atoms with Crippen molar-refractivity contribution in [2.24, 2.45) is 0 Å². The van der Waals surface area contributed by atoms with Crippen LogP contribution in [0, 0.1) is 17.0 Å². The Morgan fingerprint density at radius 3 is 2.70 bits per heavy atom. The molecule has 1 amide bonds. The third kappa shape index (κ3) is 3.72. The molecule has 0 aliphatic rings. The number of nitrogens with one attached hydrogen (secondary N) is 1. The molecule has 1 aromatic carbocycles. The van der Waals surface area contributed by atoms with Crippen LogP contribution < -0.4 is 5.32 Å². The summed E-state index contributed by atoms with van der Waals surface area (Å²) >= 11 is 1.07. The van der Waals surface area contributed by atoms with Crippen LogP contribution in [-0.4, -0.2) is 23.4 Å². The first-order valence-electron chi connectivity index (χ1n) is 6.76. The Morgan fingerprint density at radius 1 is 1.35 bits per heavy atom. The van der Waals surface area contributed by atoms with Crippen molar-refractivity contribution in [3.8, 4) is 0 Å². The molecule has 2 rings (SSSR count). The van der Waals surface area contributed by atoms with E-state index in [4.69, 9.17) is 4.74 Å². The first-order valence-corrected chi connectivity index (χ1v) is 7.58. The van der Waals surface area contributed by atoms with Gasteiger partial charge in [0.1, 0.15) is 10.4 Å². The Labute approximate surface area is 136 Å². The molecule has 0 aliphatic carbocycles. The number of thiophene rings is 1. The van der Waals surface area contributed by atoms with Crippen molar-refractivity contribution in [1.29, 1.82) is 0 Å². The zero-order valence-electron chi connectivity index (χ0n) is 12.5. The van der Waals surface area contributed by atoms with Gasteiger partial charge < -0.3 is 10.1 Å². The number of hydrogen-bond donors (Lipinski definition) is 1. The molecule has 0 radical (unpaired) electrons. The summed E-state index contributed by atoms with van der Waals surface area (Å²) in [6.07, 6.45) is 0. The molecular formula is C15H14N2O5S. The lowest BCUT2D eigenvalue weighted by atomic mass is 10.1. The largest absolute Gasteiger partial charge is 0.462 e. The van der Waals surface area contributed by atoms with Gasteiger partial charge in [0.2, 0.25) is 0 Å². The number of amides is 1. The predicted molar refractivity (Wildman–Crippen MR) is 86.1 cm³/mol. The number of carbonyl (C=O) groups is 2. The highest BCUT2D eigenvalue weighted by Crippen LogP contribution is 2.28. The maximum Gasteiger partial charge on any atom is 0.348 e. The van der Waals surface area contributed by atoms with Crippen LogP contribution in [0.25, 0.3) is 0 Å². The lowest BCUT2D eigenvalue weighted by molar-refractivity contribution is -0.385. The van der Waals surface area contributed by atoms with Crippen LogP contribution in [0.1, 0.15) is 32.5 Å². The average molecular weight is 334 g/mol. The Morgan fingerprint density at radius 2 is 2.04 bits per heavy atom. The first-order chi connectivity index (χ1) is 10.9. The SMILES string of the molecule is CCOC(=O)c1sc(NC(=O)c2ccccc2[N+](=O)[O-])cc1C. The van der Waals surface area contributed by atoms with E-state index in [1.165, 1.54) is 18.2 Å². The normalized spacial score (nSPS) is 10.2. The van der Waals surface area contributed by atoms with Crippen molar-refractivity contribution in [1.82, 2.24) is 0 Å². The van der Waals surface area contributed by atoms with E-state index in [9.17, 15) is 19.7 Å². The highest BCUT2D eigenvalue weighted by atomic mass is 32.1. The van der Waals surface area contributed by atoms with Crippen molar-refractivity contribution in [2.75, 3.05) is 11.9 Å². The molecule has 0 aliphatic heterocycles. The summed E-state index contributed by atoms with van der Waals surface area (Å²) in [5, 5.41) is 14.0. The van der Waals surface area contributed by atoms with E-state index in [1.54, 1.807) is 26.0 Å². The molecule has 0 fully saturated rings. The van der Waals surface area contributed by atoms with E-state index < -0.39 is 16.8 Å². The van der Waals surface area contributed by atoms with Crippen LogP contribution in [0.2, 0.25) is 0 Å². The summed E-state index contributed by atoms with van der Waals surface area (Å²) < 4.78 is 4.93. The van der Waals surface area contributed by atoms with Crippen molar-refractivity contribution >= 4 is 33.9 Å². The van der Waals surface area contributed by atoms with Crippen LogP contribution in [0.15, 0.2) is 30.3 Å². The first kappa shape index (κ1) is 16.6. The van der Waals surface area contributed by atoms with Gasteiger partial charge in [0.25, 0.3) is 11.6 Å². The standard InChI is InChI=1S/C15H14N2O5S/c1-3-22-15(19)13-9(2)8-12(23-13)16-14(18)10-6-4-5-7-11(10)17(20)21/h4-8H,3H2,1-2H3,(H,16,18). The number of para-hydroxylation sites is 1. The molecular weight excluding hydrogens is 320 g/mol. The maximum absolute atomic E-state index is 12.2. The second-order valence-electron chi connectivity index (χ2n) is 4.57. The number of nitro groups is 1. The van der Waals surface area contributed by atoms with Crippen LogP contribution in [-0.2, 0) is 4.74 Å². The van der Waals surface area contributed by atoms with E-state index >= 15 is 0 Å². The lowest BCUT2D eigenvalue weighted by Crippen LogP contribution is -2.13. The van der Waals surface area contributed by atoms with E-state index in [0.29, 0.717) is 15.4 Å². The fraction of sp³-hybridized carbons (Fsp3) is 0.200. The second kappa shape index (κ2) is 7.01. The molecule has 1 heterocycles. The van der Waals surface area contributed by atoms with Crippen LogP contribution >= 0.6 is 11.3 Å². The molecule has 0 atom stereocenters. The zero-order chi connectivity index (χ0) is 17.0. The number of ether oxygens (including phenoxy) is 1. The summed E-state index contributed by atoms with van der Waals surface area (Å²) in [4.78, 5) is 34.7. The lowest BCUT2D eigenvalue weighted by Gasteiger charge is -2.03. The van der Waals surface area contributed by atoms with Crippen molar-refractivity contribution in [3.05, 3.63) is 56.5 Å². The third-order valence-corrected chi connectivity index (χ3v) is 4.09. The van der Waals surface area contributed by atoms with Gasteiger partial charge >= 0.3 is 5.97 Å². The van der Waals surface area contributed by atoms with Gasteiger partial charge in [-0.2, -0.15) is 0 Å². The Bertz CT molecular complexity index is 769. The number of nitro benzene ring substituents is 1. The predicted octanol–water partition coefficient (Wildman–Crippen LogP) is 3.39. The fourth-order valence-corrected chi connectivity index (χ4v) is 2.91. The smallest absolute Gasteiger partial charge is 0.348 e. The fourth-order valence-electron chi connectivity index (χ4n) is 1.95. The van der Waals surface area contributed by atoms with E-state index in [-0.39, 0.29) is 17.9 Å². The molecule has 2 aromatic rings. The molecule has 0 saturated carbocycles. The molecule has 120 valence electrons. The topological polar surface area (TPSA) is 98.5 Å². The van der Waals surface area contributed by atoms with Crippen LogP contribution in [0.3, 0.4) is 0 Å². The summed E-state index contributed by atoms with van der Waals surface area (Å²) in [7, 11) is 0. The molecule has 8 heteroatoms. The summed E-state index contributed by atoms with van der Waals surface area (Å²) in [5.74, 6) is -1.06. The van der Waals surface area contributed by atoms with Gasteiger partial charge in [-0.3, -0.25) is 14.9 Å². The van der Waals surface area contributed by atoms with Gasteiger partial charge in [0, 0.05) is 6.07 Å². The van der Waals surface area contributed by atoms with Crippen molar-refractivity contribution in [2.45, 2.75) is 13.8 Å². The second-order valence-corrected chi connectivity index (χ2v) is 5.62. The maximum atomic E-state index is 12.2. The molecule has 7 nitrogen and oxygen atoms in total. The van der Waals surface area contributed by atoms with Gasteiger partial charge in [0.15, 0.2) is 0 Å². The quantitative estimate of drug-likeness (QED) is 0.513. The van der Waals surface area contributed by atoms with Gasteiger partial charge in [-0.1, -0.05) is 12.1 Å². The highest BCUT2D eigenvalue weighted by Gasteiger charge is 2.21. The molecule has 0 bridgehead atoms. The van der Waals surface area contributed by atoms with Gasteiger partial charge in [-0.25, -0.2) is 4.79 Å². The number of carbonyl (C=O) groups excluding carboxylic acids is 2. The number of hydrogen-bond acceptors (Lipinski definition) is 6. The Kier molecular flexibility index (Phi) is 5.07.